The van der Waals surface area contributed by atoms with Crippen LogP contribution in [0.15, 0.2) is 24.3 Å². The van der Waals surface area contributed by atoms with E-state index in [1.165, 1.54) is 11.1 Å². The van der Waals surface area contributed by atoms with Gasteiger partial charge in [-0.1, -0.05) is 24.3 Å². The van der Waals surface area contributed by atoms with Crippen molar-refractivity contribution < 1.29 is 9.90 Å². The van der Waals surface area contributed by atoms with E-state index in [0.29, 0.717) is 0 Å². The molecule has 0 aliphatic carbocycles. The summed E-state index contributed by atoms with van der Waals surface area (Å²) in [5, 5.41) is 8.59. The normalized spacial score (nSPS) is 10.6. The first-order valence-corrected chi connectivity index (χ1v) is 5.04. The van der Waals surface area contributed by atoms with E-state index in [9.17, 15) is 4.79 Å². The second-order valence-corrected chi connectivity index (χ2v) is 3.81. The van der Waals surface area contributed by atoms with Crippen molar-refractivity contribution in [2.75, 3.05) is 20.1 Å². The summed E-state index contributed by atoms with van der Waals surface area (Å²) in [6, 6.07) is 8.19. The molecule has 0 saturated carbocycles. The highest BCUT2D eigenvalue weighted by Crippen LogP contribution is 2.07. The molecule has 1 aromatic carbocycles. The molecule has 1 rings (SSSR count). The smallest absolute Gasteiger partial charge is 0.317 e. The molecule has 0 aliphatic rings. The minimum absolute atomic E-state index is 0.103. The fraction of sp³-hybridized carbons (Fsp3) is 0.417. The number of hydrogen-bond acceptors (Lipinski definition) is 2. The van der Waals surface area contributed by atoms with E-state index in [1.54, 1.807) is 0 Å². The fourth-order valence-corrected chi connectivity index (χ4v) is 1.51. The highest BCUT2D eigenvalue weighted by Gasteiger charge is 2.04. The van der Waals surface area contributed by atoms with Gasteiger partial charge in [-0.2, -0.15) is 0 Å². The van der Waals surface area contributed by atoms with E-state index in [1.807, 2.05) is 24.1 Å². The van der Waals surface area contributed by atoms with E-state index in [4.69, 9.17) is 5.11 Å². The number of rotatable bonds is 5. The Bertz CT molecular complexity index is 336. The van der Waals surface area contributed by atoms with Crippen LogP contribution in [0.25, 0.3) is 0 Å². The highest BCUT2D eigenvalue weighted by atomic mass is 16.4. The third-order valence-electron chi connectivity index (χ3n) is 2.43. The summed E-state index contributed by atoms with van der Waals surface area (Å²) in [4.78, 5) is 12.3. The van der Waals surface area contributed by atoms with Crippen LogP contribution < -0.4 is 0 Å². The van der Waals surface area contributed by atoms with Crippen molar-refractivity contribution in [1.29, 1.82) is 0 Å². The number of aryl methyl sites for hydroxylation is 1. The summed E-state index contributed by atoms with van der Waals surface area (Å²) in [7, 11) is 1.83. The SMILES string of the molecule is Cc1ccccc1CCN(C)CC(=O)O. The van der Waals surface area contributed by atoms with Gasteiger partial charge in [0.25, 0.3) is 0 Å². The molecular weight excluding hydrogens is 190 g/mol. The monoisotopic (exact) mass is 207 g/mol. The average molecular weight is 207 g/mol. The zero-order valence-corrected chi connectivity index (χ0v) is 9.23. The Morgan fingerprint density at radius 2 is 2.07 bits per heavy atom. The summed E-state index contributed by atoms with van der Waals surface area (Å²) in [5.41, 5.74) is 2.55. The first-order valence-electron chi connectivity index (χ1n) is 5.04. The standard InChI is InChI=1S/C12H17NO2/c1-10-5-3-4-6-11(10)7-8-13(2)9-12(14)15/h3-6H,7-9H2,1-2H3,(H,14,15). The van der Waals surface area contributed by atoms with Crippen molar-refractivity contribution in [3.05, 3.63) is 35.4 Å². The van der Waals surface area contributed by atoms with Gasteiger partial charge in [-0.25, -0.2) is 0 Å². The Morgan fingerprint density at radius 3 is 2.67 bits per heavy atom. The third kappa shape index (κ3) is 4.13. The highest BCUT2D eigenvalue weighted by molar-refractivity contribution is 5.68. The van der Waals surface area contributed by atoms with Crippen molar-refractivity contribution >= 4 is 5.97 Å². The van der Waals surface area contributed by atoms with Gasteiger partial charge in [0, 0.05) is 6.54 Å². The van der Waals surface area contributed by atoms with Crippen LogP contribution in [0.3, 0.4) is 0 Å². The number of likely N-dealkylation sites (N-methyl/N-ethyl adjacent to an activating group) is 1. The van der Waals surface area contributed by atoms with Gasteiger partial charge in [0.2, 0.25) is 0 Å². The maximum absolute atomic E-state index is 10.4. The quantitative estimate of drug-likeness (QED) is 0.796. The van der Waals surface area contributed by atoms with Crippen molar-refractivity contribution in [2.45, 2.75) is 13.3 Å². The predicted octanol–water partition coefficient (Wildman–Crippen LogP) is 1.55. The van der Waals surface area contributed by atoms with Gasteiger partial charge in [-0.05, 0) is 31.5 Å². The van der Waals surface area contributed by atoms with Gasteiger partial charge >= 0.3 is 5.97 Å². The van der Waals surface area contributed by atoms with Crippen LogP contribution in [0.5, 0.6) is 0 Å². The van der Waals surface area contributed by atoms with Gasteiger partial charge in [0.1, 0.15) is 0 Å². The van der Waals surface area contributed by atoms with E-state index < -0.39 is 5.97 Å². The zero-order chi connectivity index (χ0) is 11.3. The second kappa shape index (κ2) is 5.51. The molecule has 0 radical (unpaired) electrons. The van der Waals surface area contributed by atoms with Crippen LogP contribution in [-0.2, 0) is 11.2 Å². The molecule has 0 heterocycles. The maximum atomic E-state index is 10.4. The Labute approximate surface area is 90.3 Å². The number of hydrogen-bond donors (Lipinski definition) is 1. The Balaban J connectivity index is 2.43. The minimum atomic E-state index is -0.776. The molecule has 0 spiro atoms. The van der Waals surface area contributed by atoms with Crippen LogP contribution in [0.1, 0.15) is 11.1 Å². The first kappa shape index (κ1) is 11.7. The molecule has 0 unspecified atom stereocenters. The Morgan fingerprint density at radius 1 is 1.40 bits per heavy atom. The van der Waals surface area contributed by atoms with Gasteiger partial charge in [0.15, 0.2) is 0 Å². The predicted molar refractivity (Wildman–Crippen MR) is 60.0 cm³/mol. The Hall–Kier alpha value is -1.35. The van der Waals surface area contributed by atoms with Crippen LogP contribution in [0, 0.1) is 6.92 Å². The summed E-state index contributed by atoms with van der Waals surface area (Å²) in [6.07, 6.45) is 0.899. The molecule has 15 heavy (non-hydrogen) atoms. The van der Waals surface area contributed by atoms with Crippen LogP contribution in [0.2, 0.25) is 0 Å². The lowest BCUT2D eigenvalue weighted by Gasteiger charge is -2.14. The molecule has 3 nitrogen and oxygen atoms in total. The number of nitrogens with zero attached hydrogens (tertiary/aromatic N) is 1. The lowest BCUT2D eigenvalue weighted by Crippen LogP contribution is -2.27. The van der Waals surface area contributed by atoms with Crippen molar-refractivity contribution in [2.24, 2.45) is 0 Å². The summed E-state index contributed by atoms with van der Waals surface area (Å²) >= 11 is 0. The molecule has 0 fully saturated rings. The van der Waals surface area contributed by atoms with E-state index in [2.05, 4.69) is 19.1 Å². The molecule has 0 aromatic heterocycles. The van der Waals surface area contributed by atoms with Crippen LogP contribution in [0.4, 0.5) is 0 Å². The summed E-state index contributed by atoms with van der Waals surface area (Å²) in [5.74, 6) is -0.776. The van der Waals surface area contributed by atoms with Crippen molar-refractivity contribution in [3.8, 4) is 0 Å². The largest absolute Gasteiger partial charge is 0.480 e. The molecule has 1 N–H and O–H groups in total. The van der Waals surface area contributed by atoms with Gasteiger partial charge in [-0.3, -0.25) is 9.69 Å². The maximum Gasteiger partial charge on any atom is 0.317 e. The number of carboxylic acid groups (broad SMARTS) is 1. The number of benzene rings is 1. The van der Waals surface area contributed by atoms with Gasteiger partial charge < -0.3 is 5.11 Å². The van der Waals surface area contributed by atoms with Gasteiger partial charge in [0.05, 0.1) is 6.54 Å². The van der Waals surface area contributed by atoms with Crippen molar-refractivity contribution in [3.63, 3.8) is 0 Å². The topological polar surface area (TPSA) is 40.5 Å². The third-order valence-corrected chi connectivity index (χ3v) is 2.43. The molecule has 0 atom stereocenters. The first-order chi connectivity index (χ1) is 7.09. The molecule has 0 saturated heterocycles. The number of carboxylic acids is 1. The van der Waals surface area contributed by atoms with E-state index in [-0.39, 0.29) is 6.54 Å². The fourth-order valence-electron chi connectivity index (χ4n) is 1.51. The van der Waals surface area contributed by atoms with Gasteiger partial charge in [-0.15, -0.1) is 0 Å². The summed E-state index contributed by atoms with van der Waals surface area (Å²) in [6.45, 7) is 2.95. The zero-order valence-electron chi connectivity index (χ0n) is 9.23. The second-order valence-electron chi connectivity index (χ2n) is 3.81. The molecule has 0 amide bonds. The van der Waals surface area contributed by atoms with Crippen molar-refractivity contribution in [1.82, 2.24) is 4.90 Å². The van der Waals surface area contributed by atoms with Crippen LogP contribution >= 0.6 is 0 Å². The van der Waals surface area contributed by atoms with E-state index in [0.717, 1.165) is 13.0 Å². The molecule has 0 bridgehead atoms. The summed E-state index contributed by atoms with van der Waals surface area (Å²) < 4.78 is 0. The van der Waals surface area contributed by atoms with E-state index >= 15 is 0 Å². The van der Waals surface area contributed by atoms with Crippen LogP contribution in [-0.4, -0.2) is 36.1 Å². The molecule has 1 aromatic rings. The number of aliphatic carboxylic acids is 1. The molecule has 0 aliphatic heterocycles. The lowest BCUT2D eigenvalue weighted by molar-refractivity contribution is -0.137. The average Bonchev–Trinajstić information content (AvgIpc) is 2.15. The Kier molecular flexibility index (Phi) is 4.31. The molecule has 3 heteroatoms. The lowest BCUT2D eigenvalue weighted by atomic mass is 10.1. The molecule has 82 valence electrons. The molecular formula is C12H17NO2. The number of carbonyl (C=O) groups is 1. The minimum Gasteiger partial charge on any atom is -0.480 e.